The van der Waals surface area contributed by atoms with E-state index >= 15 is 0 Å². The fourth-order valence-corrected chi connectivity index (χ4v) is 3.67. The first-order chi connectivity index (χ1) is 12.8. The molecular formula is C18H20N2O5S2. The molecule has 1 aromatic carbocycles. The minimum Gasteiger partial charge on any atom is -0.497 e. The lowest BCUT2D eigenvalue weighted by Crippen LogP contribution is -2.42. The Morgan fingerprint density at radius 2 is 2.04 bits per heavy atom. The lowest BCUT2D eigenvalue weighted by Gasteiger charge is -2.16. The molecule has 7 nitrogen and oxygen atoms in total. The molecule has 9 heteroatoms. The number of methoxy groups -OCH3 is 1. The Hall–Kier alpha value is -2.39. The fraction of sp³-hybridized carbons (Fsp3) is 0.333. The number of ether oxygens (including phenoxy) is 1. The summed E-state index contributed by atoms with van der Waals surface area (Å²) in [5.74, 6) is -1.06. The summed E-state index contributed by atoms with van der Waals surface area (Å²) in [5, 5.41) is 11.4. The summed E-state index contributed by atoms with van der Waals surface area (Å²) in [7, 11) is 1.58. The summed E-state index contributed by atoms with van der Waals surface area (Å²) < 4.78 is 5.48. The van der Waals surface area contributed by atoms with Crippen molar-refractivity contribution in [3.8, 4) is 5.75 Å². The Morgan fingerprint density at radius 1 is 1.37 bits per heavy atom. The van der Waals surface area contributed by atoms with Gasteiger partial charge in [-0.25, -0.2) is 4.79 Å². The largest absolute Gasteiger partial charge is 0.497 e. The molecule has 0 spiro atoms. The topological polar surface area (TPSA) is 95.9 Å². The first-order valence-corrected chi connectivity index (χ1v) is 9.49. The Kier molecular flexibility index (Phi) is 7.37. The second kappa shape index (κ2) is 9.52. The first-order valence-electron chi connectivity index (χ1n) is 8.27. The van der Waals surface area contributed by atoms with E-state index < -0.39 is 17.9 Å². The van der Waals surface area contributed by atoms with Crippen molar-refractivity contribution in [3.63, 3.8) is 0 Å². The number of carboxylic acids is 1. The van der Waals surface area contributed by atoms with Gasteiger partial charge >= 0.3 is 5.97 Å². The van der Waals surface area contributed by atoms with Crippen molar-refractivity contribution in [3.05, 3.63) is 34.7 Å². The zero-order chi connectivity index (χ0) is 20.0. The van der Waals surface area contributed by atoms with E-state index in [1.54, 1.807) is 32.2 Å². The normalized spacial score (nSPS) is 16.5. The molecule has 144 valence electrons. The monoisotopic (exact) mass is 408 g/mol. The number of hydrogen-bond acceptors (Lipinski definition) is 6. The molecule has 27 heavy (non-hydrogen) atoms. The van der Waals surface area contributed by atoms with Crippen molar-refractivity contribution in [2.24, 2.45) is 0 Å². The number of aliphatic carboxylic acids is 1. The van der Waals surface area contributed by atoms with E-state index in [9.17, 15) is 14.4 Å². The summed E-state index contributed by atoms with van der Waals surface area (Å²) in [5.41, 5.74) is 0.835. The van der Waals surface area contributed by atoms with Crippen molar-refractivity contribution in [1.82, 2.24) is 10.2 Å². The van der Waals surface area contributed by atoms with Crippen LogP contribution in [0.5, 0.6) is 5.75 Å². The quantitative estimate of drug-likeness (QED) is 0.503. The molecule has 1 aliphatic rings. The third kappa shape index (κ3) is 5.54. The van der Waals surface area contributed by atoms with Crippen LogP contribution >= 0.6 is 24.0 Å². The standard InChI is InChI=1S/C18H20N2O5S2/c1-3-13(17(23)24)19-15(21)8-9-20-16(22)14(27-18(20)26)10-11-4-6-12(25-2)7-5-11/h4-7,10,13H,3,8-9H2,1-2H3,(H,19,21)(H,23,24). The van der Waals surface area contributed by atoms with E-state index in [-0.39, 0.29) is 25.3 Å². The highest BCUT2D eigenvalue weighted by atomic mass is 32.2. The van der Waals surface area contributed by atoms with Gasteiger partial charge in [0.25, 0.3) is 5.91 Å². The van der Waals surface area contributed by atoms with E-state index in [1.807, 2.05) is 12.1 Å². The van der Waals surface area contributed by atoms with Crippen LogP contribution in [0.3, 0.4) is 0 Å². The van der Waals surface area contributed by atoms with Crippen molar-refractivity contribution in [1.29, 1.82) is 0 Å². The number of carboxylic acid groups (broad SMARTS) is 1. The maximum atomic E-state index is 12.5. The van der Waals surface area contributed by atoms with Gasteiger partial charge in [0, 0.05) is 13.0 Å². The molecule has 1 saturated heterocycles. The third-order valence-electron chi connectivity index (χ3n) is 3.89. The summed E-state index contributed by atoms with van der Waals surface area (Å²) in [6.07, 6.45) is 2.00. The van der Waals surface area contributed by atoms with Crippen LogP contribution in [0.25, 0.3) is 6.08 Å². The van der Waals surface area contributed by atoms with Gasteiger partial charge in [-0.3, -0.25) is 14.5 Å². The van der Waals surface area contributed by atoms with Gasteiger partial charge in [-0.1, -0.05) is 43.0 Å². The second-order valence-electron chi connectivity index (χ2n) is 5.72. The van der Waals surface area contributed by atoms with Crippen LogP contribution in [0, 0.1) is 0 Å². The molecule has 1 atom stereocenters. The number of rotatable bonds is 8. The van der Waals surface area contributed by atoms with Gasteiger partial charge in [0.2, 0.25) is 5.91 Å². The number of hydrogen-bond donors (Lipinski definition) is 2. The molecule has 1 unspecified atom stereocenters. The van der Waals surface area contributed by atoms with Gasteiger partial charge in [-0.2, -0.15) is 0 Å². The molecule has 0 bridgehead atoms. The molecule has 0 saturated carbocycles. The zero-order valence-corrected chi connectivity index (χ0v) is 16.6. The number of nitrogens with zero attached hydrogens (tertiary/aromatic N) is 1. The number of carbonyl (C=O) groups excluding carboxylic acids is 2. The van der Waals surface area contributed by atoms with E-state index in [0.29, 0.717) is 9.23 Å². The van der Waals surface area contributed by atoms with Crippen LogP contribution in [-0.2, 0) is 14.4 Å². The minimum atomic E-state index is -1.08. The van der Waals surface area contributed by atoms with Crippen molar-refractivity contribution < 1.29 is 24.2 Å². The number of benzene rings is 1. The Labute approximate surface area is 166 Å². The van der Waals surface area contributed by atoms with E-state index in [4.69, 9.17) is 22.1 Å². The van der Waals surface area contributed by atoms with Crippen LogP contribution in [0.15, 0.2) is 29.2 Å². The molecule has 0 aromatic heterocycles. The summed E-state index contributed by atoms with van der Waals surface area (Å²) in [6, 6.07) is 6.32. The molecule has 1 fully saturated rings. The Bertz CT molecular complexity index is 776. The molecule has 0 radical (unpaired) electrons. The summed E-state index contributed by atoms with van der Waals surface area (Å²) in [6.45, 7) is 1.78. The number of nitrogens with one attached hydrogen (secondary N) is 1. The van der Waals surface area contributed by atoms with Gasteiger partial charge in [0.15, 0.2) is 0 Å². The molecule has 1 aromatic rings. The molecule has 0 aliphatic carbocycles. The Morgan fingerprint density at radius 3 is 2.59 bits per heavy atom. The van der Waals surface area contributed by atoms with Gasteiger partial charge in [-0.05, 0) is 30.2 Å². The first kappa shape index (κ1) is 20.9. The lowest BCUT2D eigenvalue weighted by atomic mass is 10.2. The molecule has 2 amide bonds. The average molecular weight is 409 g/mol. The predicted octanol–water partition coefficient (Wildman–Crippen LogP) is 2.27. The molecular weight excluding hydrogens is 388 g/mol. The molecule has 1 aliphatic heterocycles. The van der Waals surface area contributed by atoms with Crippen LogP contribution < -0.4 is 10.1 Å². The summed E-state index contributed by atoms with van der Waals surface area (Å²) in [4.78, 5) is 37.3. The van der Waals surface area contributed by atoms with Crippen molar-refractivity contribution >= 4 is 52.2 Å². The number of carbonyl (C=O) groups is 3. The maximum absolute atomic E-state index is 12.5. The molecule has 2 rings (SSSR count). The molecule has 1 heterocycles. The van der Waals surface area contributed by atoms with Crippen LogP contribution in [0.1, 0.15) is 25.3 Å². The number of thioether (sulfide) groups is 1. The van der Waals surface area contributed by atoms with E-state index in [1.165, 1.54) is 16.7 Å². The lowest BCUT2D eigenvalue weighted by molar-refractivity contribution is -0.142. The van der Waals surface area contributed by atoms with Crippen LogP contribution in [0.2, 0.25) is 0 Å². The van der Waals surface area contributed by atoms with Crippen LogP contribution in [-0.4, -0.2) is 51.8 Å². The fourth-order valence-electron chi connectivity index (χ4n) is 2.36. The van der Waals surface area contributed by atoms with Crippen LogP contribution in [0.4, 0.5) is 0 Å². The molecule has 2 N–H and O–H groups in total. The SMILES string of the molecule is CCC(NC(=O)CCN1C(=O)C(=Cc2ccc(OC)cc2)SC1=S)C(=O)O. The predicted molar refractivity (Wildman–Crippen MR) is 107 cm³/mol. The highest BCUT2D eigenvalue weighted by molar-refractivity contribution is 8.26. The Balaban J connectivity index is 1.98. The van der Waals surface area contributed by atoms with Crippen molar-refractivity contribution in [2.45, 2.75) is 25.8 Å². The summed E-state index contributed by atoms with van der Waals surface area (Å²) >= 11 is 6.41. The smallest absolute Gasteiger partial charge is 0.326 e. The van der Waals surface area contributed by atoms with Gasteiger partial charge in [0.1, 0.15) is 16.1 Å². The average Bonchev–Trinajstić information content (AvgIpc) is 2.91. The zero-order valence-electron chi connectivity index (χ0n) is 14.9. The maximum Gasteiger partial charge on any atom is 0.326 e. The number of amides is 2. The van der Waals surface area contributed by atoms with Gasteiger partial charge in [0.05, 0.1) is 12.0 Å². The van der Waals surface area contributed by atoms with Gasteiger partial charge < -0.3 is 15.2 Å². The second-order valence-corrected chi connectivity index (χ2v) is 7.40. The minimum absolute atomic E-state index is 0.0218. The van der Waals surface area contributed by atoms with Crippen molar-refractivity contribution in [2.75, 3.05) is 13.7 Å². The highest BCUT2D eigenvalue weighted by Gasteiger charge is 2.32. The van der Waals surface area contributed by atoms with E-state index in [2.05, 4.69) is 5.32 Å². The number of thiocarbonyl (C=S) groups is 1. The third-order valence-corrected chi connectivity index (χ3v) is 5.27. The van der Waals surface area contributed by atoms with Gasteiger partial charge in [-0.15, -0.1) is 0 Å². The highest BCUT2D eigenvalue weighted by Crippen LogP contribution is 2.32. The van der Waals surface area contributed by atoms with E-state index in [0.717, 1.165) is 11.3 Å².